The van der Waals surface area contributed by atoms with E-state index in [0.29, 0.717) is 29.4 Å². The summed E-state index contributed by atoms with van der Waals surface area (Å²) in [7, 11) is 1.35. The van der Waals surface area contributed by atoms with Crippen molar-refractivity contribution < 1.29 is 14.3 Å². The first kappa shape index (κ1) is 18.1. The van der Waals surface area contributed by atoms with Gasteiger partial charge in [0.15, 0.2) is 0 Å². The molecule has 0 fully saturated rings. The number of rotatable bonds is 7. The summed E-state index contributed by atoms with van der Waals surface area (Å²) in [5, 5.41) is 6.08. The van der Waals surface area contributed by atoms with Crippen molar-refractivity contribution in [2.75, 3.05) is 25.6 Å². The number of ether oxygens (including phenoxy) is 2. The summed E-state index contributed by atoms with van der Waals surface area (Å²) in [5.74, 6) is 0.438. The third kappa shape index (κ3) is 4.46. The molecule has 0 saturated heterocycles. The summed E-state index contributed by atoms with van der Waals surface area (Å²) >= 11 is 5.96. The van der Waals surface area contributed by atoms with Crippen LogP contribution in [0.5, 0.6) is 5.75 Å². The number of benzene rings is 3. The molecule has 0 spiro atoms. The molecular weight excluding hydrogens is 350 g/mol. The third-order valence-electron chi connectivity index (χ3n) is 4.01. The van der Waals surface area contributed by atoms with Crippen LogP contribution in [0.25, 0.3) is 10.8 Å². The molecule has 0 heterocycles. The van der Waals surface area contributed by atoms with Crippen LogP contribution in [0.15, 0.2) is 60.7 Å². The Bertz CT molecular complexity index is 911. The van der Waals surface area contributed by atoms with Crippen LogP contribution in [-0.4, -0.2) is 26.2 Å². The number of hydrogen-bond acceptors (Lipinski definition) is 4. The van der Waals surface area contributed by atoms with E-state index in [0.717, 1.165) is 17.6 Å². The van der Waals surface area contributed by atoms with E-state index in [-0.39, 0.29) is 0 Å². The molecule has 0 bridgehead atoms. The predicted octanol–water partition coefficient (Wildman–Crippen LogP) is 5.16. The highest BCUT2D eigenvalue weighted by Gasteiger charge is 2.12. The number of carbonyl (C=O) groups excluding carboxylic acids is 1. The lowest BCUT2D eigenvalue weighted by molar-refractivity contribution is 0.0602. The number of hydrogen-bond donors (Lipinski definition) is 1. The molecule has 1 N–H and O–H groups in total. The van der Waals surface area contributed by atoms with Crippen LogP contribution in [0.2, 0.25) is 5.02 Å². The van der Waals surface area contributed by atoms with Crippen molar-refractivity contribution >= 4 is 34.0 Å². The molecular formula is C21H20ClNO3. The average molecular weight is 370 g/mol. The first-order valence-corrected chi connectivity index (χ1v) is 8.78. The molecule has 3 aromatic rings. The molecule has 3 aromatic carbocycles. The van der Waals surface area contributed by atoms with Crippen molar-refractivity contribution in [3.05, 3.63) is 71.2 Å². The second kappa shape index (κ2) is 8.59. The topological polar surface area (TPSA) is 47.6 Å². The van der Waals surface area contributed by atoms with Gasteiger partial charge < -0.3 is 14.8 Å². The zero-order valence-electron chi connectivity index (χ0n) is 14.5. The molecule has 0 aromatic heterocycles. The predicted molar refractivity (Wildman–Crippen MR) is 105 cm³/mol. The molecule has 5 heteroatoms. The average Bonchev–Trinajstić information content (AvgIpc) is 2.68. The van der Waals surface area contributed by atoms with Crippen molar-refractivity contribution in [1.29, 1.82) is 0 Å². The summed E-state index contributed by atoms with van der Waals surface area (Å²) in [6.45, 7) is 1.24. The van der Waals surface area contributed by atoms with Gasteiger partial charge in [0.25, 0.3) is 0 Å². The van der Waals surface area contributed by atoms with Crippen LogP contribution in [0, 0.1) is 0 Å². The second-order valence-electron chi connectivity index (χ2n) is 5.82. The van der Waals surface area contributed by atoms with Gasteiger partial charge in [-0.2, -0.15) is 0 Å². The zero-order valence-corrected chi connectivity index (χ0v) is 15.3. The highest BCUT2D eigenvalue weighted by Crippen LogP contribution is 2.22. The SMILES string of the molecule is COC(=O)c1cc(Cl)ccc1NCCCOc1ccc2ccccc2c1. The van der Waals surface area contributed by atoms with Crippen molar-refractivity contribution in [1.82, 2.24) is 0 Å². The van der Waals surface area contributed by atoms with Crippen LogP contribution in [-0.2, 0) is 4.74 Å². The van der Waals surface area contributed by atoms with Gasteiger partial charge in [0.1, 0.15) is 5.75 Å². The lowest BCUT2D eigenvalue weighted by Gasteiger charge is -2.12. The Hall–Kier alpha value is -2.72. The van der Waals surface area contributed by atoms with Gasteiger partial charge in [-0.05, 0) is 47.5 Å². The summed E-state index contributed by atoms with van der Waals surface area (Å²) in [6, 6.07) is 19.4. The van der Waals surface area contributed by atoms with Gasteiger partial charge >= 0.3 is 5.97 Å². The maximum Gasteiger partial charge on any atom is 0.340 e. The van der Waals surface area contributed by atoms with Crippen LogP contribution in [0.4, 0.5) is 5.69 Å². The van der Waals surface area contributed by atoms with E-state index in [2.05, 4.69) is 23.5 Å². The smallest absolute Gasteiger partial charge is 0.340 e. The minimum Gasteiger partial charge on any atom is -0.494 e. The second-order valence-corrected chi connectivity index (χ2v) is 6.26. The maximum atomic E-state index is 11.8. The minimum absolute atomic E-state index is 0.414. The maximum absolute atomic E-state index is 11.8. The van der Waals surface area contributed by atoms with E-state index in [1.54, 1.807) is 18.2 Å². The number of methoxy groups -OCH3 is 1. The molecule has 0 amide bonds. The fourth-order valence-corrected chi connectivity index (χ4v) is 2.86. The van der Waals surface area contributed by atoms with Gasteiger partial charge in [-0.3, -0.25) is 0 Å². The van der Waals surface area contributed by atoms with E-state index in [1.165, 1.54) is 12.5 Å². The van der Waals surface area contributed by atoms with Gasteiger partial charge in [0.2, 0.25) is 0 Å². The van der Waals surface area contributed by atoms with Crippen LogP contribution in [0.3, 0.4) is 0 Å². The number of halogens is 1. The van der Waals surface area contributed by atoms with E-state index in [1.807, 2.05) is 24.3 Å². The van der Waals surface area contributed by atoms with E-state index < -0.39 is 5.97 Å². The third-order valence-corrected chi connectivity index (χ3v) is 4.25. The van der Waals surface area contributed by atoms with Crippen molar-refractivity contribution in [2.45, 2.75) is 6.42 Å². The monoisotopic (exact) mass is 369 g/mol. The van der Waals surface area contributed by atoms with Gasteiger partial charge in [-0.25, -0.2) is 4.79 Å². The van der Waals surface area contributed by atoms with Gasteiger partial charge in [-0.15, -0.1) is 0 Å². The quantitative estimate of drug-likeness (QED) is 0.461. The summed E-state index contributed by atoms with van der Waals surface area (Å²) in [4.78, 5) is 11.8. The summed E-state index contributed by atoms with van der Waals surface area (Å²) in [5.41, 5.74) is 1.13. The molecule has 3 rings (SSSR count). The Morgan fingerprint density at radius 3 is 2.65 bits per heavy atom. The highest BCUT2D eigenvalue weighted by molar-refractivity contribution is 6.31. The van der Waals surface area contributed by atoms with E-state index >= 15 is 0 Å². The largest absolute Gasteiger partial charge is 0.494 e. The molecule has 0 unspecified atom stereocenters. The molecule has 0 atom stereocenters. The molecule has 0 aliphatic rings. The number of anilines is 1. The van der Waals surface area contributed by atoms with E-state index in [9.17, 15) is 4.79 Å². The Kier molecular flexibility index (Phi) is 5.97. The van der Waals surface area contributed by atoms with Crippen molar-refractivity contribution in [2.24, 2.45) is 0 Å². The minimum atomic E-state index is -0.414. The normalized spacial score (nSPS) is 10.5. The number of carbonyl (C=O) groups is 1. The summed E-state index contributed by atoms with van der Waals surface area (Å²) in [6.07, 6.45) is 0.788. The number of esters is 1. The standard InChI is InChI=1S/C21H20ClNO3/c1-25-21(24)19-14-17(22)8-10-20(19)23-11-4-12-26-18-9-7-15-5-2-3-6-16(15)13-18/h2-3,5-10,13-14,23H,4,11-12H2,1H3. The fourth-order valence-electron chi connectivity index (χ4n) is 2.69. The lowest BCUT2D eigenvalue weighted by atomic mass is 10.1. The first-order valence-electron chi connectivity index (χ1n) is 8.41. The molecule has 0 saturated carbocycles. The molecule has 26 heavy (non-hydrogen) atoms. The fraction of sp³-hybridized carbons (Fsp3) is 0.190. The van der Waals surface area contributed by atoms with Crippen LogP contribution in [0.1, 0.15) is 16.8 Å². The van der Waals surface area contributed by atoms with Gasteiger partial charge in [-0.1, -0.05) is 41.9 Å². The Balaban J connectivity index is 1.52. The molecule has 0 radical (unpaired) electrons. The molecule has 4 nitrogen and oxygen atoms in total. The highest BCUT2D eigenvalue weighted by atomic mass is 35.5. The van der Waals surface area contributed by atoms with Crippen molar-refractivity contribution in [3.63, 3.8) is 0 Å². The van der Waals surface area contributed by atoms with Gasteiger partial charge in [0, 0.05) is 17.3 Å². The first-order chi connectivity index (χ1) is 12.7. The Morgan fingerprint density at radius 2 is 1.85 bits per heavy atom. The molecule has 0 aliphatic carbocycles. The number of nitrogens with one attached hydrogen (secondary N) is 1. The van der Waals surface area contributed by atoms with E-state index in [4.69, 9.17) is 21.1 Å². The van der Waals surface area contributed by atoms with Crippen molar-refractivity contribution in [3.8, 4) is 5.75 Å². The van der Waals surface area contributed by atoms with Gasteiger partial charge in [0.05, 0.1) is 19.3 Å². The Labute approximate surface area is 157 Å². The molecule has 134 valence electrons. The van der Waals surface area contributed by atoms with Crippen LogP contribution >= 0.6 is 11.6 Å². The zero-order chi connectivity index (χ0) is 18.4. The van der Waals surface area contributed by atoms with Crippen LogP contribution < -0.4 is 10.1 Å². The Morgan fingerprint density at radius 1 is 1.04 bits per heavy atom. The molecule has 0 aliphatic heterocycles. The number of fused-ring (bicyclic) bond motifs is 1. The lowest BCUT2D eigenvalue weighted by Crippen LogP contribution is -2.11. The summed E-state index contributed by atoms with van der Waals surface area (Å²) < 4.78 is 10.6.